The molecule has 0 aliphatic heterocycles. The quantitative estimate of drug-likeness (QED) is 0.637. The number of hydrogen-bond donors (Lipinski definition) is 2. The van der Waals surface area contributed by atoms with Crippen molar-refractivity contribution in [3.05, 3.63) is 11.9 Å². The van der Waals surface area contributed by atoms with Crippen molar-refractivity contribution in [1.29, 1.82) is 0 Å². The zero-order valence-corrected chi connectivity index (χ0v) is 10.2. The molecule has 0 aliphatic carbocycles. The molecule has 0 atom stereocenters. The SMILES string of the molecule is CSCCCn1cc(CNC(=O)CN)nn1. The van der Waals surface area contributed by atoms with Crippen LogP contribution in [0, 0.1) is 0 Å². The summed E-state index contributed by atoms with van der Waals surface area (Å²) in [5.41, 5.74) is 5.92. The van der Waals surface area contributed by atoms with Gasteiger partial charge in [-0.15, -0.1) is 5.10 Å². The van der Waals surface area contributed by atoms with Gasteiger partial charge >= 0.3 is 0 Å². The predicted octanol–water partition coefficient (Wildman–Crippen LogP) is -0.394. The number of amides is 1. The molecule has 0 unspecified atom stereocenters. The van der Waals surface area contributed by atoms with E-state index >= 15 is 0 Å². The Balaban J connectivity index is 2.30. The Kier molecular flexibility index (Phi) is 5.87. The zero-order valence-electron chi connectivity index (χ0n) is 9.35. The summed E-state index contributed by atoms with van der Waals surface area (Å²) in [6.45, 7) is 1.25. The Labute approximate surface area is 99.0 Å². The summed E-state index contributed by atoms with van der Waals surface area (Å²) in [5, 5.41) is 10.6. The van der Waals surface area contributed by atoms with E-state index in [-0.39, 0.29) is 12.5 Å². The van der Waals surface area contributed by atoms with E-state index in [1.807, 2.05) is 18.0 Å². The summed E-state index contributed by atoms with van der Waals surface area (Å²) in [6, 6.07) is 0. The largest absolute Gasteiger partial charge is 0.349 e. The maximum absolute atomic E-state index is 10.9. The van der Waals surface area contributed by atoms with Crippen molar-refractivity contribution in [3.8, 4) is 0 Å². The molecule has 0 saturated carbocycles. The highest BCUT2D eigenvalue weighted by molar-refractivity contribution is 7.98. The maximum atomic E-state index is 10.9. The number of rotatable bonds is 7. The third-order valence-electron chi connectivity index (χ3n) is 1.97. The second-order valence-corrected chi connectivity index (χ2v) is 4.29. The Morgan fingerprint density at radius 2 is 2.50 bits per heavy atom. The molecule has 1 aromatic rings. The van der Waals surface area contributed by atoms with Gasteiger partial charge in [0.25, 0.3) is 0 Å². The molecule has 16 heavy (non-hydrogen) atoms. The van der Waals surface area contributed by atoms with E-state index in [4.69, 9.17) is 5.73 Å². The van der Waals surface area contributed by atoms with Crippen LogP contribution in [-0.4, -0.2) is 39.5 Å². The van der Waals surface area contributed by atoms with Gasteiger partial charge in [0, 0.05) is 6.54 Å². The lowest BCUT2D eigenvalue weighted by molar-refractivity contribution is -0.119. The molecule has 0 aromatic carbocycles. The van der Waals surface area contributed by atoms with Crippen LogP contribution in [0.4, 0.5) is 0 Å². The molecule has 0 bridgehead atoms. The zero-order chi connectivity index (χ0) is 11.8. The van der Waals surface area contributed by atoms with Crippen molar-refractivity contribution in [2.45, 2.75) is 19.5 Å². The number of nitrogens with one attached hydrogen (secondary N) is 1. The minimum Gasteiger partial charge on any atom is -0.349 e. The van der Waals surface area contributed by atoms with Gasteiger partial charge < -0.3 is 11.1 Å². The lowest BCUT2D eigenvalue weighted by atomic mass is 10.4. The number of aromatic nitrogens is 3. The summed E-state index contributed by atoms with van der Waals surface area (Å²) in [7, 11) is 0. The first-order chi connectivity index (χ1) is 7.76. The van der Waals surface area contributed by atoms with Crippen molar-refractivity contribution < 1.29 is 4.79 Å². The van der Waals surface area contributed by atoms with Crippen molar-refractivity contribution in [2.24, 2.45) is 5.73 Å². The standard InChI is InChI=1S/C9H17N5OS/c1-16-4-2-3-14-7-8(12-13-14)6-11-9(15)5-10/h7H,2-6,10H2,1H3,(H,11,15). The number of carbonyl (C=O) groups is 1. The van der Waals surface area contributed by atoms with Gasteiger partial charge in [0.2, 0.25) is 5.91 Å². The normalized spacial score (nSPS) is 10.4. The van der Waals surface area contributed by atoms with Gasteiger partial charge in [-0.2, -0.15) is 11.8 Å². The Morgan fingerprint density at radius 1 is 1.69 bits per heavy atom. The molecule has 6 nitrogen and oxygen atoms in total. The highest BCUT2D eigenvalue weighted by atomic mass is 32.2. The number of nitrogens with zero attached hydrogens (tertiary/aromatic N) is 3. The number of hydrogen-bond acceptors (Lipinski definition) is 5. The number of thioether (sulfide) groups is 1. The Hall–Kier alpha value is -1.08. The molecule has 0 spiro atoms. The summed E-state index contributed by atoms with van der Waals surface area (Å²) in [4.78, 5) is 10.9. The fraction of sp³-hybridized carbons (Fsp3) is 0.667. The van der Waals surface area contributed by atoms with Crippen molar-refractivity contribution in [1.82, 2.24) is 20.3 Å². The van der Waals surface area contributed by atoms with Gasteiger partial charge in [-0.05, 0) is 18.4 Å². The average molecular weight is 243 g/mol. The summed E-state index contributed by atoms with van der Waals surface area (Å²) < 4.78 is 1.79. The van der Waals surface area contributed by atoms with E-state index in [0.717, 1.165) is 24.4 Å². The molecule has 1 rings (SSSR count). The maximum Gasteiger partial charge on any atom is 0.234 e. The Morgan fingerprint density at radius 3 is 3.19 bits per heavy atom. The van der Waals surface area contributed by atoms with Gasteiger partial charge in [-0.1, -0.05) is 5.21 Å². The number of nitrogens with two attached hydrogens (primary N) is 1. The average Bonchev–Trinajstić information content (AvgIpc) is 2.74. The van der Waals surface area contributed by atoms with Gasteiger partial charge in [0.05, 0.1) is 19.3 Å². The molecule has 1 heterocycles. The molecular formula is C9H17N5OS. The van der Waals surface area contributed by atoms with E-state index in [0.29, 0.717) is 6.54 Å². The van der Waals surface area contributed by atoms with E-state index in [2.05, 4.69) is 21.9 Å². The minimum absolute atomic E-state index is 0.00185. The molecule has 0 aliphatic rings. The van der Waals surface area contributed by atoms with Crippen LogP contribution in [0.2, 0.25) is 0 Å². The van der Waals surface area contributed by atoms with Gasteiger partial charge in [-0.3, -0.25) is 9.48 Å². The topological polar surface area (TPSA) is 85.8 Å². The third kappa shape index (κ3) is 4.63. The predicted molar refractivity (Wildman–Crippen MR) is 63.9 cm³/mol. The molecule has 7 heteroatoms. The highest BCUT2D eigenvalue weighted by Crippen LogP contribution is 1.99. The van der Waals surface area contributed by atoms with Crippen LogP contribution in [0.1, 0.15) is 12.1 Å². The lowest BCUT2D eigenvalue weighted by Gasteiger charge is -1.99. The van der Waals surface area contributed by atoms with Gasteiger partial charge in [0.1, 0.15) is 5.69 Å². The molecule has 0 saturated heterocycles. The molecule has 1 amide bonds. The fourth-order valence-electron chi connectivity index (χ4n) is 1.16. The molecule has 3 N–H and O–H groups in total. The van der Waals surface area contributed by atoms with Crippen LogP contribution in [-0.2, 0) is 17.9 Å². The first-order valence-corrected chi connectivity index (χ1v) is 6.50. The van der Waals surface area contributed by atoms with E-state index in [1.54, 1.807) is 4.68 Å². The third-order valence-corrected chi connectivity index (χ3v) is 2.67. The summed E-state index contributed by atoms with van der Waals surface area (Å²) >= 11 is 1.81. The van der Waals surface area contributed by atoms with Crippen molar-refractivity contribution in [3.63, 3.8) is 0 Å². The second-order valence-electron chi connectivity index (χ2n) is 3.30. The van der Waals surface area contributed by atoms with Crippen LogP contribution in [0.5, 0.6) is 0 Å². The summed E-state index contributed by atoms with van der Waals surface area (Å²) in [6.07, 6.45) is 4.99. The molecule has 90 valence electrons. The molecule has 0 radical (unpaired) electrons. The number of carbonyl (C=O) groups excluding carboxylic acids is 1. The number of aryl methyl sites for hydroxylation is 1. The van der Waals surface area contributed by atoms with Gasteiger partial charge in [0.15, 0.2) is 0 Å². The van der Waals surface area contributed by atoms with Crippen LogP contribution in [0.3, 0.4) is 0 Å². The monoisotopic (exact) mass is 243 g/mol. The van der Waals surface area contributed by atoms with Crippen LogP contribution >= 0.6 is 11.8 Å². The molecular weight excluding hydrogens is 226 g/mol. The van der Waals surface area contributed by atoms with E-state index < -0.39 is 0 Å². The summed E-state index contributed by atoms with van der Waals surface area (Å²) in [5.74, 6) is 0.927. The van der Waals surface area contributed by atoms with Crippen molar-refractivity contribution >= 4 is 17.7 Å². The minimum atomic E-state index is -0.183. The fourth-order valence-corrected chi connectivity index (χ4v) is 1.58. The highest BCUT2D eigenvalue weighted by Gasteiger charge is 2.02. The molecule has 0 fully saturated rings. The van der Waals surface area contributed by atoms with Gasteiger partial charge in [-0.25, -0.2) is 0 Å². The molecule has 1 aromatic heterocycles. The van der Waals surface area contributed by atoms with E-state index in [9.17, 15) is 4.79 Å². The lowest BCUT2D eigenvalue weighted by Crippen LogP contribution is -2.29. The van der Waals surface area contributed by atoms with Crippen LogP contribution in [0.25, 0.3) is 0 Å². The second kappa shape index (κ2) is 7.24. The van der Waals surface area contributed by atoms with Crippen LogP contribution in [0.15, 0.2) is 6.20 Å². The van der Waals surface area contributed by atoms with E-state index in [1.165, 1.54) is 0 Å². The first-order valence-electron chi connectivity index (χ1n) is 5.11. The van der Waals surface area contributed by atoms with Crippen molar-refractivity contribution in [2.75, 3.05) is 18.6 Å². The van der Waals surface area contributed by atoms with Crippen LogP contribution < -0.4 is 11.1 Å². The Bertz CT molecular complexity index is 327. The first kappa shape index (κ1) is 13.0. The smallest absolute Gasteiger partial charge is 0.234 e.